The fraction of sp³-hybridized carbons (Fsp3) is 0.100. The maximum Gasteiger partial charge on any atom is 0.0471 e. The zero-order valence-corrected chi connectivity index (χ0v) is 11.9. The second kappa shape index (κ2) is 6.38. The second-order valence-electron chi connectivity index (χ2n) is 5.05. The summed E-state index contributed by atoms with van der Waals surface area (Å²) in [5.74, 6) is 0. The summed E-state index contributed by atoms with van der Waals surface area (Å²) < 4.78 is 0. The largest absolute Gasteiger partial charge is 0.396 e. The van der Waals surface area contributed by atoms with Gasteiger partial charge in [-0.1, -0.05) is 78.9 Å². The number of hydrogen-bond acceptors (Lipinski definition) is 1. The van der Waals surface area contributed by atoms with Crippen molar-refractivity contribution in [3.8, 4) is 22.3 Å². The Morgan fingerprint density at radius 3 is 1.86 bits per heavy atom. The molecule has 0 aromatic heterocycles. The SMILES string of the molecule is OCCc1cccc(-c2ccccc2)c1-c1ccccc1. The highest BCUT2D eigenvalue weighted by molar-refractivity contribution is 5.85. The smallest absolute Gasteiger partial charge is 0.0471 e. The summed E-state index contributed by atoms with van der Waals surface area (Å²) in [6, 6.07) is 27.1. The van der Waals surface area contributed by atoms with Crippen molar-refractivity contribution in [1.82, 2.24) is 0 Å². The lowest BCUT2D eigenvalue weighted by atomic mass is 9.89. The molecule has 3 rings (SSSR count). The Bertz CT molecular complexity index is 702. The summed E-state index contributed by atoms with van der Waals surface area (Å²) in [4.78, 5) is 0. The third kappa shape index (κ3) is 2.88. The molecule has 0 amide bonds. The Kier molecular flexibility index (Phi) is 4.13. The molecule has 0 unspecified atom stereocenters. The number of aliphatic hydroxyl groups is 1. The van der Waals surface area contributed by atoms with Crippen LogP contribution in [0.15, 0.2) is 78.9 Å². The first kappa shape index (κ1) is 13.6. The lowest BCUT2D eigenvalue weighted by Crippen LogP contribution is -1.96. The summed E-state index contributed by atoms with van der Waals surface area (Å²) in [6.07, 6.45) is 0.672. The molecule has 0 aliphatic carbocycles. The van der Waals surface area contributed by atoms with E-state index in [1.165, 1.54) is 27.8 Å². The average Bonchev–Trinajstić information content (AvgIpc) is 2.56. The highest BCUT2D eigenvalue weighted by atomic mass is 16.2. The van der Waals surface area contributed by atoms with Crippen molar-refractivity contribution in [2.75, 3.05) is 6.61 Å². The molecule has 0 fully saturated rings. The van der Waals surface area contributed by atoms with Crippen LogP contribution in [0.3, 0.4) is 0 Å². The molecule has 3 aromatic carbocycles. The number of hydrogen-bond donors (Lipinski definition) is 1. The Labute approximate surface area is 125 Å². The lowest BCUT2D eigenvalue weighted by Gasteiger charge is -2.15. The Balaban J connectivity index is 2.23. The molecule has 3 aromatic rings. The molecular formula is C20H18O. The van der Waals surface area contributed by atoms with Gasteiger partial charge in [0, 0.05) is 6.61 Å². The molecule has 0 aliphatic heterocycles. The highest BCUT2D eigenvalue weighted by Crippen LogP contribution is 2.35. The first-order valence-corrected chi connectivity index (χ1v) is 7.24. The number of rotatable bonds is 4. The van der Waals surface area contributed by atoms with Crippen molar-refractivity contribution in [1.29, 1.82) is 0 Å². The molecule has 0 aliphatic rings. The molecule has 0 saturated carbocycles. The minimum Gasteiger partial charge on any atom is -0.396 e. The Morgan fingerprint density at radius 2 is 1.24 bits per heavy atom. The fourth-order valence-corrected chi connectivity index (χ4v) is 2.73. The van der Waals surface area contributed by atoms with Gasteiger partial charge in [-0.05, 0) is 34.2 Å². The standard InChI is InChI=1S/C20H18O/c21-15-14-18-12-7-13-19(16-8-3-1-4-9-16)20(18)17-10-5-2-6-11-17/h1-13,21H,14-15H2. The maximum absolute atomic E-state index is 9.35. The average molecular weight is 274 g/mol. The molecule has 0 bridgehead atoms. The van der Waals surface area contributed by atoms with Crippen molar-refractivity contribution in [2.45, 2.75) is 6.42 Å². The summed E-state index contributed by atoms with van der Waals surface area (Å²) in [7, 11) is 0. The van der Waals surface area contributed by atoms with Gasteiger partial charge in [0.25, 0.3) is 0 Å². The lowest BCUT2D eigenvalue weighted by molar-refractivity contribution is 0.300. The Morgan fingerprint density at radius 1 is 0.619 bits per heavy atom. The quantitative estimate of drug-likeness (QED) is 0.739. The summed E-state index contributed by atoms with van der Waals surface area (Å²) in [5, 5.41) is 9.35. The molecule has 1 N–H and O–H groups in total. The van der Waals surface area contributed by atoms with E-state index in [9.17, 15) is 5.11 Å². The van der Waals surface area contributed by atoms with Crippen LogP contribution in [0, 0.1) is 0 Å². The van der Waals surface area contributed by atoms with Crippen LogP contribution in [0.2, 0.25) is 0 Å². The molecule has 0 saturated heterocycles. The first-order valence-electron chi connectivity index (χ1n) is 7.24. The zero-order chi connectivity index (χ0) is 14.5. The van der Waals surface area contributed by atoms with Crippen LogP contribution in [0.25, 0.3) is 22.3 Å². The molecule has 0 atom stereocenters. The van der Waals surface area contributed by atoms with E-state index in [4.69, 9.17) is 0 Å². The van der Waals surface area contributed by atoms with Gasteiger partial charge in [0.1, 0.15) is 0 Å². The predicted octanol–water partition coefficient (Wildman–Crippen LogP) is 4.56. The fourth-order valence-electron chi connectivity index (χ4n) is 2.73. The third-order valence-electron chi connectivity index (χ3n) is 3.68. The summed E-state index contributed by atoms with van der Waals surface area (Å²) >= 11 is 0. The summed E-state index contributed by atoms with van der Waals surface area (Å²) in [6.45, 7) is 0.165. The molecule has 21 heavy (non-hydrogen) atoms. The van der Waals surface area contributed by atoms with Crippen molar-refractivity contribution >= 4 is 0 Å². The van der Waals surface area contributed by atoms with Crippen LogP contribution in [0.1, 0.15) is 5.56 Å². The topological polar surface area (TPSA) is 20.2 Å². The molecule has 104 valence electrons. The molecule has 1 heteroatoms. The van der Waals surface area contributed by atoms with Crippen molar-refractivity contribution in [2.24, 2.45) is 0 Å². The number of aliphatic hydroxyl groups excluding tert-OH is 1. The molecule has 0 spiro atoms. The van der Waals surface area contributed by atoms with Crippen molar-refractivity contribution < 1.29 is 5.11 Å². The van der Waals surface area contributed by atoms with Crippen LogP contribution < -0.4 is 0 Å². The molecule has 0 radical (unpaired) electrons. The van der Waals surface area contributed by atoms with E-state index in [0.29, 0.717) is 6.42 Å². The minimum absolute atomic E-state index is 0.165. The Hall–Kier alpha value is -2.38. The summed E-state index contributed by atoms with van der Waals surface area (Å²) in [5.41, 5.74) is 6.02. The normalized spacial score (nSPS) is 10.5. The molecular weight excluding hydrogens is 256 g/mol. The first-order chi connectivity index (χ1) is 10.4. The van der Waals surface area contributed by atoms with E-state index in [1.54, 1.807) is 0 Å². The van der Waals surface area contributed by atoms with Gasteiger partial charge in [0.2, 0.25) is 0 Å². The highest BCUT2D eigenvalue weighted by Gasteiger charge is 2.11. The van der Waals surface area contributed by atoms with Crippen molar-refractivity contribution in [3.05, 3.63) is 84.4 Å². The van der Waals surface area contributed by atoms with Gasteiger partial charge < -0.3 is 5.11 Å². The number of benzene rings is 3. The molecule has 1 nitrogen and oxygen atoms in total. The zero-order valence-electron chi connectivity index (χ0n) is 11.9. The van der Waals surface area contributed by atoms with E-state index in [-0.39, 0.29) is 6.61 Å². The van der Waals surface area contributed by atoms with Crippen LogP contribution in [0.4, 0.5) is 0 Å². The van der Waals surface area contributed by atoms with Gasteiger partial charge in [-0.3, -0.25) is 0 Å². The van der Waals surface area contributed by atoms with Crippen LogP contribution in [-0.2, 0) is 6.42 Å². The van der Waals surface area contributed by atoms with Gasteiger partial charge in [-0.15, -0.1) is 0 Å². The van der Waals surface area contributed by atoms with Crippen LogP contribution >= 0.6 is 0 Å². The monoisotopic (exact) mass is 274 g/mol. The predicted molar refractivity (Wildman–Crippen MR) is 88.1 cm³/mol. The maximum atomic E-state index is 9.35. The van der Waals surface area contributed by atoms with E-state index < -0.39 is 0 Å². The molecule has 0 heterocycles. The van der Waals surface area contributed by atoms with Gasteiger partial charge in [-0.25, -0.2) is 0 Å². The van der Waals surface area contributed by atoms with E-state index in [0.717, 1.165) is 0 Å². The van der Waals surface area contributed by atoms with Gasteiger partial charge in [-0.2, -0.15) is 0 Å². The van der Waals surface area contributed by atoms with Gasteiger partial charge in [0.05, 0.1) is 0 Å². The van der Waals surface area contributed by atoms with Crippen molar-refractivity contribution in [3.63, 3.8) is 0 Å². The van der Waals surface area contributed by atoms with E-state index >= 15 is 0 Å². The van der Waals surface area contributed by atoms with Gasteiger partial charge in [0.15, 0.2) is 0 Å². The van der Waals surface area contributed by atoms with E-state index in [2.05, 4.69) is 66.7 Å². The second-order valence-corrected chi connectivity index (χ2v) is 5.05. The van der Waals surface area contributed by atoms with Gasteiger partial charge >= 0.3 is 0 Å². The minimum atomic E-state index is 0.165. The van der Waals surface area contributed by atoms with E-state index in [1.807, 2.05) is 12.1 Å². The van der Waals surface area contributed by atoms with Crippen LogP contribution in [-0.4, -0.2) is 11.7 Å². The van der Waals surface area contributed by atoms with Crippen LogP contribution in [0.5, 0.6) is 0 Å². The third-order valence-corrected chi connectivity index (χ3v) is 3.68.